The van der Waals surface area contributed by atoms with Crippen molar-refractivity contribution in [3.05, 3.63) is 11.9 Å². The van der Waals surface area contributed by atoms with Crippen LogP contribution in [0.5, 0.6) is 0 Å². The van der Waals surface area contributed by atoms with Gasteiger partial charge in [0.05, 0.1) is 12.4 Å². The van der Waals surface area contributed by atoms with Crippen molar-refractivity contribution in [1.29, 1.82) is 0 Å². The van der Waals surface area contributed by atoms with Crippen molar-refractivity contribution in [2.45, 2.75) is 37.6 Å². The van der Waals surface area contributed by atoms with Gasteiger partial charge in [0.1, 0.15) is 6.61 Å². The third-order valence-corrected chi connectivity index (χ3v) is 3.47. The molecule has 0 saturated heterocycles. The van der Waals surface area contributed by atoms with Crippen LogP contribution in [0.3, 0.4) is 0 Å². The Kier molecular flexibility index (Phi) is 6.53. The van der Waals surface area contributed by atoms with Crippen LogP contribution in [0.25, 0.3) is 0 Å². The first-order chi connectivity index (χ1) is 9.70. The van der Waals surface area contributed by atoms with Crippen LogP contribution >= 0.6 is 11.8 Å². The van der Waals surface area contributed by atoms with E-state index >= 15 is 0 Å². The largest absolute Gasteiger partial charge is 0.481 e. The molecule has 1 N–H and O–H groups in total. The minimum atomic E-state index is -4.35. The Morgan fingerprint density at radius 3 is 2.71 bits per heavy atom. The molecule has 1 aromatic rings. The summed E-state index contributed by atoms with van der Waals surface area (Å²) in [6.45, 7) is 2.64. The van der Waals surface area contributed by atoms with Crippen molar-refractivity contribution < 1.29 is 27.8 Å². The van der Waals surface area contributed by atoms with Gasteiger partial charge in [-0.25, -0.2) is 4.98 Å². The van der Waals surface area contributed by atoms with Crippen LogP contribution in [0.2, 0.25) is 0 Å². The molecular weight excluding hydrogens is 309 g/mol. The number of carboxylic acids is 1. The Morgan fingerprint density at radius 1 is 1.52 bits per heavy atom. The molecule has 0 bridgehead atoms. The van der Waals surface area contributed by atoms with Gasteiger partial charge >= 0.3 is 12.1 Å². The third kappa shape index (κ3) is 6.38. The average molecular weight is 326 g/mol. The summed E-state index contributed by atoms with van der Waals surface area (Å²) >= 11 is 1.03. The molecule has 0 radical (unpaired) electrons. The summed E-state index contributed by atoms with van der Waals surface area (Å²) < 4.78 is 42.3. The Balaban J connectivity index is 2.67. The van der Waals surface area contributed by atoms with Gasteiger partial charge in [0.15, 0.2) is 5.16 Å². The monoisotopic (exact) mass is 326 g/mol. The lowest BCUT2D eigenvalue weighted by molar-refractivity contribution is -0.174. The number of aromatic nitrogens is 2. The summed E-state index contributed by atoms with van der Waals surface area (Å²) in [7, 11) is 0. The maximum atomic E-state index is 12.0. The number of halogens is 3. The number of nitrogens with zero attached hydrogens (tertiary/aromatic N) is 2. The number of ether oxygens (including phenoxy) is 1. The molecule has 120 valence electrons. The van der Waals surface area contributed by atoms with Gasteiger partial charge in [-0.05, 0) is 5.92 Å². The molecule has 9 heteroatoms. The molecule has 1 aromatic heterocycles. The normalized spacial score (nSPS) is 12.1. The summed E-state index contributed by atoms with van der Waals surface area (Å²) in [4.78, 5) is 14.7. The first-order valence-electron chi connectivity index (χ1n) is 6.25. The van der Waals surface area contributed by atoms with Crippen LogP contribution in [0.1, 0.15) is 25.5 Å². The van der Waals surface area contributed by atoms with E-state index in [1.807, 2.05) is 13.8 Å². The summed E-state index contributed by atoms with van der Waals surface area (Å²) in [5.41, 5.74) is 0.832. The van der Waals surface area contributed by atoms with Crippen molar-refractivity contribution >= 4 is 17.7 Å². The molecular formula is C12H17F3N2O3S. The summed E-state index contributed by atoms with van der Waals surface area (Å²) in [5, 5.41) is 9.15. The third-order valence-electron chi connectivity index (χ3n) is 2.49. The summed E-state index contributed by atoms with van der Waals surface area (Å²) in [6.07, 6.45) is -2.74. The molecule has 1 heterocycles. The number of aliphatic carboxylic acids is 1. The van der Waals surface area contributed by atoms with Gasteiger partial charge in [0.25, 0.3) is 0 Å². The van der Waals surface area contributed by atoms with Gasteiger partial charge in [-0.1, -0.05) is 25.6 Å². The molecule has 0 aliphatic rings. The van der Waals surface area contributed by atoms with E-state index in [0.29, 0.717) is 5.16 Å². The van der Waals surface area contributed by atoms with Crippen LogP contribution < -0.4 is 0 Å². The molecule has 0 amide bonds. The molecule has 21 heavy (non-hydrogen) atoms. The lowest BCUT2D eigenvalue weighted by Crippen LogP contribution is -2.20. The molecule has 0 saturated carbocycles. The first kappa shape index (κ1) is 17.8. The van der Waals surface area contributed by atoms with E-state index in [-0.39, 0.29) is 24.8 Å². The second-order valence-electron chi connectivity index (χ2n) is 4.62. The van der Waals surface area contributed by atoms with E-state index in [4.69, 9.17) is 5.11 Å². The van der Waals surface area contributed by atoms with E-state index in [2.05, 4.69) is 9.72 Å². The molecule has 1 rings (SSSR count). The highest BCUT2D eigenvalue weighted by atomic mass is 32.2. The Labute approximate surface area is 124 Å². The maximum absolute atomic E-state index is 12.0. The van der Waals surface area contributed by atoms with E-state index in [1.165, 1.54) is 0 Å². The van der Waals surface area contributed by atoms with Gasteiger partial charge in [0.2, 0.25) is 0 Å². The summed E-state index contributed by atoms with van der Waals surface area (Å²) in [5.74, 6) is -1.01. The highest BCUT2D eigenvalue weighted by molar-refractivity contribution is 7.99. The average Bonchev–Trinajstić information content (AvgIpc) is 2.74. The fraction of sp³-hybridized carbons (Fsp3) is 0.667. The van der Waals surface area contributed by atoms with Gasteiger partial charge in [-0.3, -0.25) is 4.79 Å². The van der Waals surface area contributed by atoms with Gasteiger partial charge in [0, 0.05) is 18.4 Å². The van der Waals surface area contributed by atoms with Crippen molar-refractivity contribution in [2.24, 2.45) is 0 Å². The van der Waals surface area contributed by atoms with Crippen LogP contribution in [0.15, 0.2) is 11.4 Å². The van der Waals surface area contributed by atoms with Crippen molar-refractivity contribution in [2.75, 3.05) is 19.0 Å². The molecule has 0 aliphatic carbocycles. The van der Waals surface area contributed by atoms with Gasteiger partial charge < -0.3 is 14.4 Å². The lowest BCUT2D eigenvalue weighted by atomic mass is 10.1. The number of rotatable bonds is 8. The highest BCUT2D eigenvalue weighted by Gasteiger charge is 2.27. The number of thioether (sulfide) groups is 1. The first-order valence-corrected chi connectivity index (χ1v) is 7.23. The molecule has 0 unspecified atom stereocenters. The van der Waals surface area contributed by atoms with Gasteiger partial charge in [-0.15, -0.1) is 0 Å². The van der Waals surface area contributed by atoms with Gasteiger partial charge in [-0.2, -0.15) is 13.2 Å². The highest BCUT2D eigenvalue weighted by Crippen LogP contribution is 2.23. The van der Waals surface area contributed by atoms with Crippen LogP contribution in [0, 0.1) is 0 Å². The van der Waals surface area contributed by atoms with Crippen molar-refractivity contribution in [1.82, 2.24) is 9.55 Å². The number of hydrogen-bond acceptors (Lipinski definition) is 4. The fourth-order valence-electron chi connectivity index (χ4n) is 1.64. The van der Waals surface area contributed by atoms with E-state index in [1.54, 1.807) is 10.8 Å². The zero-order valence-corrected chi connectivity index (χ0v) is 12.5. The SMILES string of the molecule is CC(C)c1cnc(SCC(=O)O)n1CCOCC(F)(F)F. The number of imidazole rings is 1. The second kappa shape index (κ2) is 7.69. The quantitative estimate of drug-likeness (QED) is 0.588. The molecule has 0 aliphatic heterocycles. The van der Waals surface area contributed by atoms with Crippen LogP contribution in [0.4, 0.5) is 13.2 Å². The molecule has 0 fully saturated rings. The maximum Gasteiger partial charge on any atom is 0.411 e. The molecule has 5 nitrogen and oxygen atoms in total. The number of carboxylic acid groups (broad SMARTS) is 1. The zero-order chi connectivity index (χ0) is 16.0. The number of alkyl halides is 3. The molecule has 0 aromatic carbocycles. The molecule has 0 spiro atoms. The Bertz CT molecular complexity index is 475. The minimum Gasteiger partial charge on any atom is -0.481 e. The Hall–Kier alpha value is -1.22. The zero-order valence-electron chi connectivity index (χ0n) is 11.7. The number of hydrogen-bond donors (Lipinski definition) is 1. The standard InChI is InChI=1S/C12H17F3N2O3S/c1-8(2)9-5-16-11(21-6-10(18)19)17(9)3-4-20-7-12(13,14)15/h5,8H,3-4,6-7H2,1-2H3,(H,18,19). The predicted molar refractivity (Wildman–Crippen MR) is 71.5 cm³/mol. The second-order valence-corrected chi connectivity index (χ2v) is 5.56. The van der Waals surface area contributed by atoms with Crippen molar-refractivity contribution in [3.8, 4) is 0 Å². The fourth-order valence-corrected chi connectivity index (χ4v) is 2.37. The van der Waals surface area contributed by atoms with E-state index in [0.717, 1.165) is 17.5 Å². The van der Waals surface area contributed by atoms with Crippen molar-refractivity contribution in [3.63, 3.8) is 0 Å². The van der Waals surface area contributed by atoms with Crippen LogP contribution in [-0.4, -0.2) is 45.8 Å². The summed E-state index contributed by atoms with van der Waals surface area (Å²) in [6, 6.07) is 0. The lowest BCUT2D eigenvalue weighted by Gasteiger charge is -2.14. The smallest absolute Gasteiger partial charge is 0.411 e. The number of carbonyl (C=O) groups is 1. The van der Waals surface area contributed by atoms with Crippen LogP contribution in [-0.2, 0) is 16.1 Å². The predicted octanol–water partition coefficient (Wildman–Crippen LogP) is 2.76. The topological polar surface area (TPSA) is 64.3 Å². The molecule has 0 atom stereocenters. The Morgan fingerprint density at radius 2 is 2.19 bits per heavy atom. The van der Waals surface area contributed by atoms with E-state index in [9.17, 15) is 18.0 Å². The van der Waals surface area contributed by atoms with E-state index < -0.39 is 18.8 Å². The minimum absolute atomic E-state index is 0.115.